The fraction of sp³-hybridized carbons (Fsp3) is 0.667. The number of nitrogens with zero attached hydrogens (tertiary/aromatic N) is 1. The molecule has 1 aliphatic rings. The molecule has 0 spiro atoms. The molecule has 1 N–H and O–H groups in total. The number of hydrogen-bond acceptors (Lipinski definition) is 4. The zero-order valence-electron chi connectivity index (χ0n) is 6.47. The molecule has 0 amide bonds. The van der Waals surface area contributed by atoms with E-state index in [1.807, 2.05) is 0 Å². The SMILES string of the molecule is O=C[B]N1CCSC[C@H]1C(=O)O. The molecule has 1 heterocycles. The Hall–Kier alpha value is -0.485. The third kappa shape index (κ3) is 2.25. The molecule has 1 rings (SSSR count). The van der Waals surface area contributed by atoms with E-state index in [9.17, 15) is 9.59 Å². The molecular formula is C6H9BNO3S. The van der Waals surface area contributed by atoms with Crippen molar-refractivity contribution in [1.82, 2.24) is 4.81 Å². The third-order valence-electron chi connectivity index (χ3n) is 1.71. The second kappa shape index (κ2) is 4.52. The van der Waals surface area contributed by atoms with Crippen molar-refractivity contribution in [2.24, 2.45) is 0 Å². The molecule has 6 heteroatoms. The average Bonchev–Trinajstić information content (AvgIpc) is 2.05. The standard InChI is InChI=1S/C6H9BNO3S/c9-4-7-8-1-2-12-3-5(8)6(10)11/h4-5H,1-3H2,(H,10,11)/t5-/m0/s1. The number of thioether (sulfide) groups is 1. The summed E-state index contributed by atoms with van der Waals surface area (Å²) in [5.74, 6) is 0.577. The maximum atomic E-state index is 10.6. The van der Waals surface area contributed by atoms with Gasteiger partial charge < -0.3 is 14.7 Å². The lowest BCUT2D eigenvalue weighted by Crippen LogP contribution is -2.49. The minimum absolute atomic E-state index is 0.533. The summed E-state index contributed by atoms with van der Waals surface area (Å²) in [7, 11) is 1.30. The van der Waals surface area contributed by atoms with E-state index < -0.39 is 12.0 Å². The first-order chi connectivity index (χ1) is 5.75. The highest BCUT2D eigenvalue weighted by Crippen LogP contribution is 2.14. The highest BCUT2D eigenvalue weighted by Gasteiger charge is 2.28. The van der Waals surface area contributed by atoms with Crippen LogP contribution in [0.25, 0.3) is 0 Å². The second-order valence-electron chi connectivity index (χ2n) is 2.45. The van der Waals surface area contributed by atoms with Gasteiger partial charge in [0.1, 0.15) is 6.04 Å². The summed E-state index contributed by atoms with van der Waals surface area (Å²) >= 11 is 1.60. The predicted octanol–water partition coefficient (Wildman–Crippen LogP) is -0.702. The fourth-order valence-electron chi connectivity index (χ4n) is 1.09. The van der Waals surface area contributed by atoms with Crippen molar-refractivity contribution in [1.29, 1.82) is 0 Å². The van der Waals surface area contributed by atoms with Crippen LogP contribution in [0.4, 0.5) is 0 Å². The summed E-state index contributed by atoms with van der Waals surface area (Å²) < 4.78 is 0. The highest BCUT2D eigenvalue weighted by atomic mass is 32.2. The van der Waals surface area contributed by atoms with Crippen molar-refractivity contribution in [3.05, 3.63) is 0 Å². The summed E-state index contributed by atoms with van der Waals surface area (Å²) in [5.41, 5.74) is 0. The van der Waals surface area contributed by atoms with Gasteiger partial charge in [-0.1, -0.05) is 0 Å². The van der Waals surface area contributed by atoms with Crippen molar-refractivity contribution >= 4 is 31.3 Å². The summed E-state index contributed by atoms with van der Waals surface area (Å²) in [6.07, 6.45) is 0.631. The van der Waals surface area contributed by atoms with Gasteiger partial charge in [-0.15, -0.1) is 0 Å². The van der Waals surface area contributed by atoms with Gasteiger partial charge in [0.05, 0.1) is 6.19 Å². The van der Waals surface area contributed by atoms with Crippen LogP contribution < -0.4 is 0 Å². The molecule has 0 bridgehead atoms. The molecule has 0 aromatic rings. The lowest BCUT2D eigenvalue weighted by Gasteiger charge is -2.30. The highest BCUT2D eigenvalue weighted by molar-refractivity contribution is 7.99. The van der Waals surface area contributed by atoms with E-state index in [-0.39, 0.29) is 0 Å². The van der Waals surface area contributed by atoms with E-state index in [1.165, 1.54) is 7.41 Å². The number of carboxylic acids is 1. The van der Waals surface area contributed by atoms with Crippen LogP contribution in [0.5, 0.6) is 0 Å². The van der Waals surface area contributed by atoms with E-state index in [2.05, 4.69) is 0 Å². The molecule has 65 valence electrons. The van der Waals surface area contributed by atoms with Crippen LogP contribution in [0.2, 0.25) is 0 Å². The molecule has 0 aromatic heterocycles. The molecule has 1 aliphatic heterocycles. The number of hydrogen-bond donors (Lipinski definition) is 1. The van der Waals surface area contributed by atoms with Crippen LogP contribution in [-0.2, 0) is 9.59 Å². The van der Waals surface area contributed by atoms with Crippen LogP contribution in [0.15, 0.2) is 0 Å². The van der Waals surface area contributed by atoms with Crippen LogP contribution in [0, 0.1) is 0 Å². The number of carboxylic acid groups (broad SMARTS) is 1. The van der Waals surface area contributed by atoms with Gasteiger partial charge in [0, 0.05) is 11.5 Å². The molecule has 1 radical (unpaired) electrons. The molecule has 1 atom stereocenters. The molecule has 1 saturated heterocycles. The number of carbonyl (C=O) groups excluding carboxylic acids is 1. The molecule has 1 fully saturated rings. The molecule has 0 aliphatic carbocycles. The van der Waals surface area contributed by atoms with Crippen molar-refractivity contribution in [2.45, 2.75) is 6.04 Å². The van der Waals surface area contributed by atoms with Crippen molar-refractivity contribution in [2.75, 3.05) is 18.1 Å². The van der Waals surface area contributed by atoms with Crippen LogP contribution in [0.3, 0.4) is 0 Å². The minimum Gasteiger partial charge on any atom is -0.480 e. The van der Waals surface area contributed by atoms with Crippen LogP contribution >= 0.6 is 11.8 Å². The summed E-state index contributed by atoms with van der Waals surface area (Å²) in [5, 5.41) is 8.74. The van der Waals surface area contributed by atoms with E-state index in [0.29, 0.717) is 18.5 Å². The zero-order valence-corrected chi connectivity index (χ0v) is 7.29. The van der Waals surface area contributed by atoms with E-state index in [0.717, 1.165) is 5.75 Å². The second-order valence-corrected chi connectivity index (χ2v) is 3.60. The number of rotatable bonds is 3. The topological polar surface area (TPSA) is 57.6 Å². The molecular weight excluding hydrogens is 177 g/mol. The van der Waals surface area contributed by atoms with Crippen molar-refractivity contribution < 1.29 is 14.7 Å². The first-order valence-electron chi connectivity index (χ1n) is 3.60. The van der Waals surface area contributed by atoms with Crippen LogP contribution in [0.1, 0.15) is 0 Å². The van der Waals surface area contributed by atoms with Gasteiger partial charge in [0.15, 0.2) is 0 Å². The van der Waals surface area contributed by atoms with Crippen molar-refractivity contribution in [3.63, 3.8) is 0 Å². The third-order valence-corrected chi connectivity index (χ3v) is 2.73. The van der Waals surface area contributed by atoms with Gasteiger partial charge in [0.2, 0.25) is 0 Å². The van der Waals surface area contributed by atoms with Gasteiger partial charge in [-0.25, -0.2) is 0 Å². The Kier molecular flexibility index (Phi) is 3.62. The quantitative estimate of drug-likeness (QED) is 0.466. The van der Waals surface area contributed by atoms with Crippen LogP contribution in [-0.4, -0.2) is 53.6 Å². The first kappa shape index (κ1) is 9.60. The fourth-order valence-corrected chi connectivity index (χ4v) is 2.15. The Balaban J connectivity index is 2.53. The summed E-state index contributed by atoms with van der Waals surface area (Å²) in [6, 6.07) is -0.533. The molecule has 4 nitrogen and oxygen atoms in total. The smallest absolute Gasteiger partial charge is 0.320 e. The molecule has 12 heavy (non-hydrogen) atoms. The predicted molar refractivity (Wildman–Crippen MR) is 48.0 cm³/mol. The Morgan fingerprint density at radius 1 is 1.75 bits per heavy atom. The van der Waals surface area contributed by atoms with Gasteiger partial charge in [-0.2, -0.15) is 11.8 Å². The number of aliphatic carboxylic acids is 1. The monoisotopic (exact) mass is 186 g/mol. The largest absolute Gasteiger partial charge is 0.480 e. The van der Waals surface area contributed by atoms with Gasteiger partial charge >= 0.3 is 5.97 Å². The maximum Gasteiger partial charge on any atom is 0.320 e. The minimum atomic E-state index is -0.861. The van der Waals surface area contributed by atoms with Gasteiger partial charge in [-0.3, -0.25) is 4.79 Å². The van der Waals surface area contributed by atoms with E-state index in [1.54, 1.807) is 16.6 Å². The zero-order chi connectivity index (χ0) is 8.97. The normalized spacial score (nSPS) is 24.8. The van der Waals surface area contributed by atoms with Gasteiger partial charge in [0.25, 0.3) is 7.41 Å². The maximum absolute atomic E-state index is 10.6. The molecule has 0 saturated carbocycles. The first-order valence-corrected chi connectivity index (χ1v) is 4.76. The summed E-state index contributed by atoms with van der Waals surface area (Å²) in [4.78, 5) is 22.4. The lowest BCUT2D eigenvalue weighted by atomic mass is 9.92. The average molecular weight is 186 g/mol. The summed E-state index contributed by atoms with van der Waals surface area (Å²) in [6.45, 7) is 0.639. The van der Waals surface area contributed by atoms with Crippen molar-refractivity contribution in [3.8, 4) is 0 Å². The van der Waals surface area contributed by atoms with Gasteiger partial charge in [-0.05, 0) is 6.54 Å². The molecule has 0 aromatic carbocycles. The number of carbonyl (C=O) groups is 2. The molecule has 0 unspecified atom stereocenters. The Morgan fingerprint density at radius 2 is 2.50 bits per heavy atom. The lowest BCUT2D eigenvalue weighted by molar-refractivity contribution is -0.140. The Bertz CT molecular complexity index is 190. The van der Waals surface area contributed by atoms with E-state index >= 15 is 0 Å². The Morgan fingerprint density at radius 3 is 3.08 bits per heavy atom. The Labute approximate surface area is 75.6 Å². The van der Waals surface area contributed by atoms with E-state index in [4.69, 9.17) is 5.11 Å².